The van der Waals surface area contributed by atoms with Crippen LogP contribution >= 0.6 is 67.1 Å². The van der Waals surface area contributed by atoms with Gasteiger partial charge in [0.1, 0.15) is 24.7 Å². The van der Waals surface area contributed by atoms with E-state index in [0.717, 1.165) is 66.9 Å². The zero-order valence-electron chi connectivity index (χ0n) is 28.7. The van der Waals surface area contributed by atoms with Gasteiger partial charge in [0.15, 0.2) is 0 Å². The van der Waals surface area contributed by atoms with Gasteiger partial charge < -0.3 is 19.7 Å². The molecule has 0 saturated heterocycles. The maximum absolute atomic E-state index is 11.7. The number of non-ortho nitro benzene ring substituents is 1. The third-order valence-corrected chi connectivity index (χ3v) is 11.8. The SMILES string of the molecule is C=C(C=C(C=C1Sc2cc([N+](=O)[O-])ccc2N1CCOc1ccc(Br)cc1)Sc1ccccc1)Sc1cc(C)ccc1NCCOc1ccc(Br)cc1. The lowest BCUT2D eigenvalue weighted by molar-refractivity contribution is -0.385. The van der Waals surface area contributed by atoms with E-state index in [4.69, 9.17) is 9.47 Å². The summed E-state index contributed by atoms with van der Waals surface area (Å²) in [7, 11) is 0. The van der Waals surface area contributed by atoms with E-state index in [2.05, 4.69) is 98.1 Å². The first-order valence-corrected chi connectivity index (χ1v) is 20.6. The van der Waals surface area contributed by atoms with Crippen molar-refractivity contribution in [2.24, 2.45) is 0 Å². The zero-order valence-corrected chi connectivity index (χ0v) is 34.3. The molecule has 0 aliphatic carbocycles. The van der Waals surface area contributed by atoms with Gasteiger partial charge in [-0.25, -0.2) is 0 Å². The summed E-state index contributed by atoms with van der Waals surface area (Å²) in [5.74, 6) is 1.59. The number of rotatable bonds is 16. The lowest BCUT2D eigenvalue weighted by Crippen LogP contribution is -2.24. The fraction of sp³-hybridized carbons (Fsp3) is 0.122. The second-order valence-corrected chi connectivity index (χ2v) is 16.9. The Balaban J connectivity index is 1.23. The van der Waals surface area contributed by atoms with Gasteiger partial charge in [0.2, 0.25) is 0 Å². The molecule has 1 N–H and O–H groups in total. The minimum absolute atomic E-state index is 0.0604. The lowest BCUT2D eigenvalue weighted by atomic mass is 10.2. The van der Waals surface area contributed by atoms with Crippen molar-refractivity contribution in [1.29, 1.82) is 0 Å². The van der Waals surface area contributed by atoms with Crippen molar-refractivity contribution >= 4 is 84.2 Å². The summed E-state index contributed by atoms with van der Waals surface area (Å²) in [6.45, 7) is 8.66. The van der Waals surface area contributed by atoms with E-state index in [-0.39, 0.29) is 10.6 Å². The highest BCUT2D eigenvalue weighted by atomic mass is 79.9. The van der Waals surface area contributed by atoms with Crippen LogP contribution in [0.5, 0.6) is 11.5 Å². The van der Waals surface area contributed by atoms with E-state index < -0.39 is 0 Å². The summed E-state index contributed by atoms with van der Waals surface area (Å²) in [6, 6.07) is 37.1. The number of ether oxygens (including phenoxy) is 2. The Bertz CT molecular complexity index is 2130. The van der Waals surface area contributed by atoms with Crippen LogP contribution in [0.1, 0.15) is 5.56 Å². The smallest absolute Gasteiger partial charge is 0.270 e. The highest BCUT2D eigenvalue weighted by Crippen LogP contribution is 2.48. The van der Waals surface area contributed by atoms with Crippen LogP contribution in [-0.4, -0.2) is 31.2 Å². The molecule has 1 heterocycles. The minimum Gasteiger partial charge on any atom is -0.492 e. The Labute approximate surface area is 339 Å². The highest BCUT2D eigenvalue weighted by molar-refractivity contribution is 9.10. The van der Waals surface area contributed by atoms with Crippen LogP contribution in [0, 0.1) is 17.0 Å². The number of hydrogen-bond donors (Lipinski definition) is 1. The summed E-state index contributed by atoms with van der Waals surface area (Å²) in [5, 5.41) is 16.1. The molecule has 1 aliphatic rings. The molecule has 0 spiro atoms. The van der Waals surface area contributed by atoms with E-state index >= 15 is 0 Å². The zero-order chi connectivity index (χ0) is 37.2. The Kier molecular flexibility index (Phi) is 13.7. The van der Waals surface area contributed by atoms with Gasteiger partial charge in [-0.2, -0.15) is 0 Å². The van der Waals surface area contributed by atoms with Crippen LogP contribution in [0.2, 0.25) is 0 Å². The van der Waals surface area contributed by atoms with Gasteiger partial charge in [0, 0.05) is 57.8 Å². The van der Waals surface area contributed by atoms with Crippen molar-refractivity contribution in [2.75, 3.05) is 36.5 Å². The van der Waals surface area contributed by atoms with E-state index in [1.807, 2.05) is 72.8 Å². The lowest BCUT2D eigenvalue weighted by Gasteiger charge is -2.21. The van der Waals surface area contributed by atoms with Crippen molar-refractivity contribution in [1.82, 2.24) is 0 Å². The minimum atomic E-state index is -0.356. The standard InChI is InChI=1S/C41H35Br2N3O4S3/c1-28-8-18-37(44-20-22-49-33-14-9-30(42)10-15-33)39(24-28)51-29(2)25-36(52-35-6-4-3-5-7-35)27-41-45(21-23-50-34-16-11-31(43)12-17-34)38-19-13-32(46(47)48)26-40(38)53-41/h3-19,24-27,44H,2,20-23H2,1H3. The molecule has 7 nitrogen and oxygen atoms in total. The number of nitro benzene ring substituents is 1. The molecule has 0 atom stereocenters. The molecule has 1 aliphatic heterocycles. The number of hydrogen-bond acceptors (Lipinski definition) is 9. The van der Waals surface area contributed by atoms with Gasteiger partial charge in [0.05, 0.1) is 22.2 Å². The summed E-state index contributed by atoms with van der Waals surface area (Å²) in [6.07, 6.45) is 4.23. The molecule has 0 unspecified atom stereocenters. The molecule has 0 amide bonds. The molecule has 270 valence electrons. The molecular weight excluding hydrogens is 854 g/mol. The second kappa shape index (κ2) is 18.8. The number of thioether (sulfide) groups is 3. The topological polar surface area (TPSA) is 76.9 Å². The molecular formula is C41H35Br2N3O4S3. The molecule has 0 saturated carbocycles. The van der Waals surface area contributed by atoms with Gasteiger partial charge >= 0.3 is 0 Å². The molecule has 5 aromatic carbocycles. The first kappa shape index (κ1) is 38.6. The number of halogens is 2. The van der Waals surface area contributed by atoms with E-state index in [0.29, 0.717) is 26.3 Å². The first-order chi connectivity index (χ1) is 25.7. The van der Waals surface area contributed by atoms with Crippen LogP contribution in [0.25, 0.3) is 0 Å². The average molecular weight is 890 g/mol. The van der Waals surface area contributed by atoms with Crippen molar-refractivity contribution in [3.63, 3.8) is 0 Å². The predicted molar refractivity (Wildman–Crippen MR) is 229 cm³/mol. The van der Waals surface area contributed by atoms with Crippen molar-refractivity contribution in [3.05, 3.63) is 173 Å². The summed E-state index contributed by atoms with van der Waals surface area (Å²) in [5.41, 5.74) is 3.12. The van der Waals surface area contributed by atoms with Gasteiger partial charge in [-0.1, -0.05) is 98.0 Å². The number of aryl methyl sites for hydroxylation is 1. The van der Waals surface area contributed by atoms with E-state index in [1.165, 1.54) is 11.8 Å². The van der Waals surface area contributed by atoms with Gasteiger partial charge in [-0.3, -0.25) is 10.1 Å². The fourth-order valence-corrected chi connectivity index (χ4v) is 9.00. The number of allylic oxidation sites excluding steroid dienone is 2. The molecule has 5 aromatic rings. The molecule has 0 radical (unpaired) electrons. The average Bonchev–Trinajstić information content (AvgIpc) is 3.48. The normalized spacial score (nSPS) is 13.2. The summed E-state index contributed by atoms with van der Waals surface area (Å²) >= 11 is 11.7. The van der Waals surface area contributed by atoms with E-state index in [1.54, 1.807) is 35.7 Å². The van der Waals surface area contributed by atoms with Crippen molar-refractivity contribution < 1.29 is 14.4 Å². The van der Waals surface area contributed by atoms with Crippen molar-refractivity contribution in [2.45, 2.75) is 21.6 Å². The first-order valence-electron chi connectivity index (χ1n) is 16.6. The fourth-order valence-electron chi connectivity index (χ4n) is 5.25. The Hall–Kier alpha value is -4.07. The van der Waals surface area contributed by atoms with Crippen LogP contribution in [-0.2, 0) is 0 Å². The third-order valence-electron chi connectivity index (χ3n) is 7.75. The molecule has 0 bridgehead atoms. The monoisotopic (exact) mass is 887 g/mol. The third kappa shape index (κ3) is 11.2. The maximum Gasteiger partial charge on any atom is 0.270 e. The number of anilines is 2. The Morgan fingerprint density at radius 3 is 2.25 bits per heavy atom. The van der Waals surface area contributed by atoms with Crippen LogP contribution in [0.15, 0.2) is 172 Å². The Morgan fingerprint density at radius 2 is 1.57 bits per heavy atom. The molecule has 53 heavy (non-hydrogen) atoms. The number of nitrogens with zero attached hydrogens (tertiary/aromatic N) is 2. The second-order valence-electron chi connectivity index (χ2n) is 11.7. The maximum atomic E-state index is 11.7. The molecule has 0 fully saturated rings. The van der Waals surface area contributed by atoms with Crippen LogP contribution < -0.4 is 19.7 Å². The molecule has 0 aromatic heterocycles. The summed E-state index contributed by atoms with van der Waals surface area (Å²) in [4.78, 5) is 18.3. The van der Waals surface area contributed by atoms with E-state index in [9.17, 15) is 10.1 Å². The van der Waals surface area contributed by atoms with Gasteiger partial charge in [-0.15, -0.1) is 0 Å². The molecule has 6 rings (SSSR count). The molecule has 12 heteroatoms. The predicted octanol–water partition coefficient (Wildman–Crippen LogP) is 12.7. The Morgan fingerprint density at radius 1 is 0.887 bits per heavy atom. The van der Waals surface area contributed by atoms with Gasteiger partial charge in [-0.05, 0) is 104 Å². The van der Waals surface area contributed by atoms with Crippen LogP contribution in [0.3, 0.4) is 0 Å². The summed E-state index contributed by atoms with van der Waals surface area (Å²) < 4.78 is 14.0. The van der Waals surface area contributed by atoms with Crippen molar-refractivity contribution in [3.8, 4) is 11.5 Å². The largest absolute Gasteiger partial charge is 0.492 e. The number of nitrogens with one attached hydrogen (secondary N) is 1. The quantitative estimate of drug-likeness (QED) is 0.0343. The highest BCUT2D eigenvalue weighted by Gasteiger charge is 2.27. The van der Waals surface area contributed by atoms with Crippen LogP contribution in [0.4, 0.5) is 17.1 Å². The van der Waals surface area contributed by atoms with Gasteiger partial charge in [0.25, 0.3) is 5.69 Å². The number of benzene rings is 5. The number of fused-ring (bicyclic) bond motifs is 1. The number of nitro groups is 1.